The highest BCUT2D eigenvalue weighted by molar-refractivity contribution is 7.12. The standard InChI is InChI=1S/C19H17F3N6O2S.CH4/c1-18(2,30)17(19(20,21)22)27-16(29)14-3-10(9-31-14)13-7-26-28-8-12(4-23-15(13)28)11-5-24-25-6-11;/h3-9,17,30H,1-2H3,(H,24,25)(H,27,29);1H4. The predicted octanol–water partition coefficient (Wildman–Crippen LogP) is 3.92. The molecule has 0 aliphatic carbocycles. The lowest BCUT2D eigenvalue weighted by atomic mass is 9.98. The average Bonchev–Trinajstić information content (AvgIpc) is 3.43. The first-order chi connectivity index (χ1) is 14.5. The Morgan fingerprint density at radius 2 is 1.97 bits per heavy atom. The molecule has 1 atom stereocenters. The van der Waals surface area contributed by atoms with E-state index in [9.17, 15) is 23.1 Å². The molecule has 1 unspecified atom stereocenters. The van der Waals surface area contributed by atoms with Gasteiger partial charge in [-0.1, -0.05) is 7.43 Å². The van der Waals surface area contributed by atoms with Crippen LogP contribution in [0.3, 0.4) is 0 Å². The molecule has 0 bridgehead atoms. The fourth-order valence-electron chi connectivity index (χ4n) is 3.09. The molecule has 0 aliphatic rings. The highest BCUT2D eigenvalue weighted by Crippen LogP contribution is 2.31. The quantitative estimate of drug-likeness (QED) is 0.413. The summed E-state index contributed by atoms with van der Waals surface area (Å²) in [6, 6.07) is -0.932. The number of alkyl halides is 3. The molecule has 4 aromatic heterocycles. The van der Waals surface area contributed by atoms with Crippen molar-refractivity contribution < 1.29 is 23.1 Å². The lowest BCUT2D eigenvalue weighted by molar-refractivity contribution is -0.192. The molecule has 8 nitrogen and oxygen atoms in total. The van der Waals surface area contributed by atoms with E-state index < -0.39 is 23.7 Å². The number of aliphatic hydroxyl groups is 1. The number of fused-ring (bicyclic) bond motifs is 1. The van der Waals surface area contributed by atoms with Crippen molar-refractivity contribution in [2.45, 2.75) is 39.1 Å². The summed E-state index contributed by atoms with van der Waals surface area (Å²) in [5.41, 5.74) is 1.22. The highest BCUT2D eigenvalue weighted by Gasteiger charge is 2.49. The van der Waals surface area contributed by atoms with Gasteiger partial charge in [-0.2, -0.15) is 23.4 Å². The Kier molecular flexibility index (Phi) is 6.11. The Balaban J connectivity index is 0.00000289. The molecule has 4 heterocycles. The zero-order valence-electron chi connectivity index (χ0n) is 16.3. The van der Waals surface area contributed by atoms with E-state index in [1.165, 1.54) is 6.07 Å². The summed E-state index contributed by atoms with van der Waals surface area (Å²) < 4.78 is 41.3. The molecule has 0 spiro atoms. The van der Waals surface area contributed by atoms with Crippen molar-refractivity contribution in [1.82, 2.24) is 30.1 Å². The smallest absolute Gasteiger partial charge is 0.388 e. The summed E-state index contributed by atoms with van der Waals surface area (Å²) >= 11 is 0.991. The maximum absolute atomic E-state index is 13.2. The van der Waals surface area contributed by atoms with Crippen LogP contribution in [0.15, 0.2) is 42.4 Å². The van der Waals surface area contributed by atoms with Crippen LogP contribution in [-0.4, -0.2) is 53.6 Å². The summed E-state index contributed by atoms with van der Waals surface area (Å²) in [5.74, 6) is -0.924. The third-order valence-electron chi connectivity index (χ3n) is 4.63. The summed E-state index contributed by atoms with van der Waals surface area (Å²) in [6.45, 7) is 1.99. The van der Waals surface area contributed by atoms with Crippen LogP contribution in [0.5, 0.6) is 0 Å². The van der Waals surface area contributed by atoms with Crippen LogP contribution >= 0.6 is 11.3 Å². The van der Waals surface area contributed by atoms with E-state index in [0.29, 0.717) is 16.8 Å². The molecule has 4 aromatic rings. The van der Waals surface area contributed by atoms with Crippen LogP contribution in [0.1, 0.15) is 30.9 Å². The van der Waals surface area contributed by atoms with Gasteiger partial charge in [0, 0.05) is 35.3 Å². The van der Waals surface area contributed by atoms with Crippen molar-refractivity contribution in [1.29, 1.82) is 0 Å². The van der Waals surface area contributed by atoms with Crippen molar-refractivity contribution in [3.63, 3.8) is 0 Å². The lowest BCUT2D eigenvalue weighted by Gasteiger charge is -2.31. The number of hydrogen-bond acceptors (Lipinski definition) is 6. The van der Waals surface area contributed by atoms with Gasteiger partial charge in [0.1, 0.15) is 0 Å². The van der Waals surface area contributed by atoms with Gasteiger partial charge in [0.25, 0.3) is 5.91 Å². The normalized spacial score (nSPS) is 13.1. The van der Waals surface area contributed by atoms with Crippen molar-refractivity contribution >= 4 is 22.9 Å². The molecular formula is C20H21F3N6O2S. The van der Waals surface area contributed by atoms with Gasteiger partial charge in [-0.15, -0.1) is 11.3 Å². The van der Waals surface area contributed by atoms with E-state index in [-0.39, 0.29) is 12.3 Å². The van der Waals surface area contributed by atoms with Crippen LogP contribution in [0.25, 0.3) is 27.9 Å². The SMILES string of the molecule is C.CC(C)(O)C(NC(=O)c1cc(-c2cnn3cc(-c4cn[nH]c4)cnc23)cs1)C(F)(F)F. The second-order valence-corrected chi connectivity index (χ2v) is 8.37. The van der Waals surface area contributed by atoms with E-state index in [1.807, 2.05) is 5.32 Å². The molecule has 32 heavy (non-hydrogen) atoms. The third kappa shape index (κ3) is 4.50. The zero-order valence-corrected chi connectivity index (χ0v) is 17.1. The molecule has 0 saturated carbocycles. The number of aromatic nitrogens is 5. The second-order valence-electron chi connectivity index (χ2n) is 7.46. The van der Waals surface area contributed by atoms with E-state index in [2.05, 4.69) is 20.3 Å². The minimum absolute atomic E-state index is 0. The van der Waals surface area contributed by atoms with Crippen LogP contribution in [0, 0.1) is 0 Å². The number of hydrogen-bond donors (Lipinski definition) is 3. The average molecular weight is 466 g/mol. The third-order valence-corrected chi connectivity index (χ3v) is 5.56. The molecular weight excluding hydrogens is 445 g/mol. The molecule has 170 valence electrons. The first kappa shape index (κ1) is 23.4. The first-order valence-electron chi connectivity index (χ1n) is 9.05. The summed E-state index contributed by atoms with van der Waals surface area (Å²) in [4.78, 5) is 16.9. The number of carbonyl (C=O) groups is 1. The minimum atomic E-state index is -4.80. The van der Waals surface area contributed by atoms with E-state index in [4.69, 9.17) is 0 Å². The Morgan fingerprint density at radius 1 is 1.22 bits per heavy atom. The Hall–Kier alpha value is -3.25. The molecule has 0 aromatic carbocycles. The van der Waals surface area contributed by atoms with Gasteiger partial charge in [-0.3, -0.25) is 9.89 Å². The molecule has 0 fully saturated rings. The topological polar surface area (TPSA) is 108 Å². The fraction of sp³-hybridized carbons (Fsp3) is 0.300. The minimum Gasteiger partial charge on any atom is -0.388 e. The van der Waals surface area contributed by atoms with Crippen molar-refractivity contribution in [3.05, 3.63) is 47.3 Å². The van der Waals surface area contributed by atoms with Gasteiger partial charge in [-0.25, -0.2) is 9.50 Å². The number of aromatic amines is 1. The number of nitrogens with one attached hydrogen (secondary N) is 2. The number of nitrogens with zero attached hydrogens (tertiary/aromatic N) is 4. The number of amides is 1. The highest BCUT2D eigenvalue weighted by atomic mass is 32.1. The van der Waals surface area contributed by atoms with Crippen LogP contribution < -0.4 is 5.32 Å². The van der Waals surface area contributed by atoms with Gasteiger partial charge in [0.05, 0.1) is 22.9 Å². The van der Waals surface area contributed by atoms with Crippen LogP contribution in [0.4, 0.5) is 13.2 Å². The van der Waals surface area contributed by atoms with Crippen LogP contribution in [0.2, 0.25) is 0 Å². The molecule has 1 amide bonds. The predicted molar refractivity (Wildman–Crippen MR) is 114 cm³/mol. The number of halogens is 3. The van der Waals surface area contributed by atoms with Crippen molar-refractivity contribution in [2.24, 2.45) is 0 Å². The molecule has 0 aliphatic heterocycles. The molecule has 3 N–H and O–H groups in total. The molecule has 12 heteroatoms. The maximum Gasteiger partial charge on any atom is 0.411 e. The number of carbonyl (C=O) groups excluding carboxylic acids is 1. The van der Waals surface area contributed by atoms with Crippen molar-refractivity contribution in [2.75, 3.05) is 0 Å². The largest absolute Gasteiger partial charge is 0.411 e. The van der Waals surface area contributed by atoms with E-state index in [0.717, 1.165) is 36.3 Å². The van der Waals surface area contributed by atoms with Gasteiger partial charge in [0.15, 0.2) is 11.7 Å². The molecule has 4 rings (SSSR count). The summed E-state index contributed by atoms with van der Waals surface area (Å²) in [7, 11) is 0. The summed E-state index contributed by atoms with van der Waals surface area (Å²) in [5, 5.41) is 24.2. The van der Waals surface area contributed by atoms with E-state index >= 15 is 0 Å². The number of thiophene rings is 1. The Morgan fingerprint density at radius 3 is 2.59 bits per heavy atom. The van der Waals surface area contributed by atoms with Gasteiger partial charge in [0.2, 0.25) is 0 Å². The lowest BCUT2D eigenvalue weighted by Crippen LogP contribution is -2.57. The van der Waals surface area contributed by atoms with Gasteiger partial charge in [-0.05, 0) is 30.9 Å². The van der Waals surface area contributed by atoms with Crippen molar-refractivity contribution in [3.8, 4) is 22.3 Å². The second kappa shape index (κ2) is 8.36. The number of rotatable bonds is 5. The maximum atomic E-state index is 13.2. The monoisotopic (exact) mass is 466 g/mol. The van der Waals surface area contributed by atoms with Crippen LogP contribution in [-0.2, 0) is 0 Å². The molecule has 0 radical (unpaired) electrons. The first-order valence-corrected chi connectivity index (χ1v) is 9.93. The zero-order chi connectivity index (χ0) is 22.4. The van der Waals surface area contributed by atoms with Gasteiger partial charge < -0.3 is 10.4 Å². The Labute approximate surface area is 185 Å². The van der Waals surface area contributed by atoms with E-state index in [1.54, 1.807) is 40.9 Å². The fourth-order valence-corrected chi connectivity index (χ4v) is 3.90. The number of H-pyrrole nitrogens is 1. The molecule has 0 saturated heterocycles. The summed E-state index contributed by atoms with van der Waals surface area (Å²) in [6.07, 6.45) is 3.57. The van der Waals surface area contributed by atoms with Gasteiger partial charge >= 0.3 is 6.18 Å². The Bertz CT molecular complexity index is 1210.